The summed E-state index contributed by atoms with van der Waals surface area (Å²) in [6, 6.07) is 0. The van der Waals surface area contributed by atoms with Crippen molar-refractivity contribution in [1.82, 2.24) is 5.32 Å². The first-order valence-electron chi connectivity index (χ1n) is 4.61. The number of hydrogen-bond donors (Lipinski definition) is 1. The van der Waals surface area contributed by atoms with E-state index in [9.17, 15) is 0 Å². The van der Waals surface area contributed by atoms with Crippen molar-refractivity contribution < 1.29 is 0 Å². The van der Waals surface area contributed by atoms with Gasteiger partial charge in [-0.3, -0.25) is 0 Å². The second-order valence-corrected chi connectivity index (χ2v) is 2.95. The van der Waals surface area contributed by atoms with E-state index in [4.69, 9.17) is 0 Å². The lowest BCUT2D eigenvalue weighted by Crippen LogP contribution is -2.15. The van der Waals surface area contributed by atoms with Crippen LogP contribution in [0.5, 0.6) is 0 Å². The van der Waals surface area contributed by atoms with Crippen LogP contribution in [0.1, 0.15) is 34.6 Å². The van der Waals surface area contributed by atoms with Crippen LogP contribution in [-0.2, 0) is 0 Å². The van der Waals surface area contributed by atoms with Crippen LogP contribution < -0.4 is 5.32 Å². The predicted molar refractivity (Wildman–Crippen MR) is 58.1 cm³/mol. The maximum atomic E-state index is 3.92. The molecule has 0 aliphatic heterocycles. The van der Waals surface area contributed by atoms with Gasteiger partial charge in [-0.05, 0) is 12.8 Å². The molecule has 0 aromatic heterocycles. The Morgan fingerprint density at radius 1 is 1.25 bits per heavy atom. The maximum Gasteiger partial charge on any atom is 0.0356 e. The quantitative estimate of drug-likeness (QED) is 0.636. The fourth-order valence-corrected chi connectivity index (χ4v) is 0.469. The van der Waals surface area contributed by atoms with E-state index in [0.29, 0.717) is 5.92 Å². The Balaban J connectivity index is 0. The van der Waals surface area contributed by atoms with Crippen LogP contribution in [-0.4, -0.2) is 6.54 Å². The Labute approximate surface area is 77.6 Å². The summed E-state index contributed by atoms with van der Waals surface area (Å²) in [7, 11) is 0. The van der Waals surface area contributed by atoms with Crippen molar-refractivity contribution in [2.75, 3.05) is 6.54 Å². The molecular formula is C11H23N. The monoisotopic (exact) mass is 169 g/mol. The summed E-state index contributed by atoms with van der Waals surface area (Å²) in [5.41, 5.74) is 2.23. The molecule has 0 atom stereocenters. The molecule has 0 aliphatic rings. The SMILES string of the molecule is C=C(C)NCC(=C)C(C)C.CC. The standard InChI is InChI=1S/C9H17N.C2H6/c1-7(2)9(5)6-10-8(3)4;1-2/h7,10H,3,5-6H2,1-2,4H3;1-2H3. The lowest BCUT2D eigenvalue weighted by Gasteiger charge is -2.10. The molecule has 0 amide bonds. The van der Waals surface area contributed by atoms with Crippen molar-refractivity contribution in [3.8, 4) is 0 Å². The van der Waals surface area contributed by atoms with E-state index in [0.717, 1.165) is 12.2 Å². The first kappa shape index (κ1) is 13.8. The molecule has 0 radical (unpaired) electrons. The van der Waals surface area contributed by atoms with Gasteiger partial charge in [0.2, 0.25) is 0 Å². The Hall–Kier alpha value is -0.720. The minimum Gasteiger partial charge on any atom is -0.385 e. The average molecular weight is 169 g/mol. The van der Waals surface area contributed by atoms with Gasteiger partial charge in [0.25, 0.3) is 0 Å². The lowest BCUT2D eigenvalue weighted by atomic mass is 10.1. The molecule has 0 unspecified atom stereocenters. The van der Waals surface area contributed by atoms with Crippen LogP contribution in [0, 0.1) is 5.92 Å². The van der Waals surface area contributed by atoms with Crippen molar-refractivity contribution in [3.63, 3.8) is 0 Å². The van der Waals surface area contributed by atoms with Crippen LogP contribution in [0.25, 0.3) is 0 Å². The first-order valence-corrected chi connectivity index (χ1v) is 4.61. The lowest BCUT2D eigenvalue weighted by molar-refractivity contribution is 0.711. The summed E-state index contributed by atoms with van der Waals surface area (Å²) in [6.07, 6.45) is 0. The Morgan fingerprint density at radius 3 is 1.92 bits per heavy atom. The van der Waals surface area contributed by atoms with Crippen molar-refractivity contribution >= 4 is 0 Å². The van der Waals surface area contributed by atoms with E-state index in [-0.39, 0.29) is 0 Å². The highest BCUT2D eigenvalue weighted by Gasteiger charge is 1.97. The molecule has 0 aromatic rings. The van der Waals surface area contributed by atoms with E-state index in [1.807, 2.05) is 20.8 Å². The number of hydrogen-bond acceptors (Lipinski definition) is 1. The predicted octanol–water partition coefficient (Wildman–Crippen LogP) is 3.35. The highest BCUT2D eigenvalue weighted by Crippen LogP contribution is 2.04. The highest BCUT2D eigenvalue weighted by atomic mass is 14.9. The minimum atomic E-state index is 0.562. The van der Waals surface area contributed by atoms with E-state index in [1.165, 1.54) is 5.57 Å². The largest absolute Gasteiger partial charge is 0.385 e. The number of nitrogens with one attached hydrogen (secondary N) is 1. The molecular weight excluding hydrogens is 146 g/mol. The third kappa shape index (κ3) is 9.28. The third-order valence-electron chi connectivity index (χ3n) is 1.43. The van der Waals surface area contributed by atoms with Gasteiger partial charge in [0.1, 0.15) is 0 Å². The Kier molecular flexibility index (Phi) is 9.66. The van der Waals surface area contributed by atoms with Crippen LogP contribution in [0.2, 0.25) is 0 Å². The van der Waals surface area contributed by atoms with E-state index in [1.54, 1.807) is 0 Å². The maximum absolute atomic E-state index is 3.92. The van der Waals surface area contributed by atoms with Gasteiger partial charge < -0.3 is 5.32 Å². The smallest absolute Gasteiger partial charge is 0.0356 e. The summed E-state index contributed by atoms with van der Waals surface area (Å²) >= 11 is 0. The molecule has 0 spiro atoms. The molecule has 1 nitrogen and oxygen atoms in total. The number of allylic oxidation sites excluding steroid dienone is 1. The second-order valence-electron chi connectivity index (χ2n) is 2.95. The molecule has 0 aliphatic carbocycles. The van der Waals surface area contributed by atoms with Gasteiger partial charge in [0.05, 0.1) is 0 Å². The average Bonchev–Trinajstić information content (AvgIpc) is 2.03. The van der Waals surface area contributed by atoms with Gasteiger partial charge >= 0.3 is 0 Å². The zero-order valence-electron chi connectivity index (χ0n) is 9.20. The minimum absolute atomic E-state index is 0.562. The van der Waals surface area contributed by atoms with Crippen molar-refractivity contribution in [1.29, 1.82) is 0 Å². The van der Waals surface area contributed by atoms with Gasteiger partial charge in [-0.25, -0.2) is 0 Å². The fourth-order valence-electron chi connectivity index (χ4n) is 0.469. The summed E-state index contributed by atoms with van der Waals surface area (Å²) in [4.78, 5) is 0. The van der Waals surface area contributed by atoms with Crippen LogP contribution in [0.15, 0.2) is 24.4 Å². The Morgan fingerprint density at radius 2 is 1.67 bits per heavy atom. The van der Waals surface area contributed by atoms with Crippen LogP contribution >= 0.6 is 0 Å². The Bertz CT molecular complexity index is 134. The summed E-state index contributed by atoms with van der Waals surface area (Å²) < 4.78 is 0. The van der Waals surface area contributed by atoms with E-state index >= 15 is 0 Å². The molecule has 0 fully saturated rings. The van der Waals surface area contributed by atoms with Gasteiger partial charge in [0.15, 0.2) is 0 Å². The van der Waals surface area contributed by atoms with Gasteiger partial charge in [-0.15, -0.1) is 0 Å². The molecule has 72 valence electrons. The molecule has 1 N–H and O–H groups in total. The molecule has 1 heteroatoms. The highest BCUT2D eigenvalue weighted by molar-refractivity contribution is 5.02. The molecule has 0 heterocycles. The fraction of sp³-hybridized carbons (Fsp3) is 0.636. The summed E-state index contributed by atoms with van der Waals surface area (Å²) in [6.45, 7) is 18.7. The van der Waals surface area contributed by atoms with Crippen LogP contribution in [0.4, 0.5) is 0 Å². The zero-order valence-corrected chi connectivity index (χ0v) is 9.20. The molecule has 12 heavy (non-hydrogen) atoms. The third-order valence-corrected chi connectivity index (χ3v) is 1.43. The normalized spacial score (nSPS) is 8.50. The second kappa shape index (κ2) is 8.38. The molecule has 0 rings (SSSR count). The van der Waals surface area contributed by atoms with Crippen molar-refractivity contribution in [2.45, 2.75) is 34.6 Å². The summed E-state index contributed by atoms with van der Waals surface area (Å²) in [5.74, 6) is 0.562. The van der Waals surface area contributed by atoms with Crippen molar-refractivity contribution in [3.05, 3.63) is 24.4 Å². The molecule has 0 saturated carbocycles. The van der Waals surface area contributed by atoms with Gasteiger partial charge in [-0.1, -0.05) is 46.4 Å². The van der Waals surface area contributed by atoms with Crippen LogP contribution in [0.3, 0.4) is 0 Å². The molecule has 0 aromatic carbocycles. The van der Waals surface area contributed by atoms with E-state index in [2.05, 4.69) is 32.3 Å². The number of rotatable bonds is 4. The molecule has 0 saturated heterocycles. The van der Waals surface area contributed by atoms with Crippen molar-refractivity contribution in [2.24, 2.45) is 5.92 Å². The molecule has 0 bridgehead atoms. The van der Waals surface area contributed by atoms with E-state index < -0.39 is 0 Å². The zero-order chi connectivity index (χ0) is 10.1. The topological polar surface area (TPSA) is 12.0 Å². The van der Waals surface area contributed by atoms with Gasteiger partial charge in [0, 0.05) is 12.2 Å². The first-order chi connectivity index (χ1) is 5.54. The van der Waals surface area contributed by atoms with Gasteiger partial charge in [-0.2, -0.15) is 0 Å². The summed E-state index contributed by atoms with van der Waals surface area (Å²) in [5, 5.41) is 3.13.